The van der Waals surface area contributed by atoms with Crippen LogP contribution in [0.15, 0.2) is 12.1 Å². The number of fused-ring (bicyclic) bond motifs is 3. The average Bonchev–Trinajstić information content (AvgIpc) is 3.34. The van der Waals surface area contributed by atoms with Gasteiger partial charge in [0.15, 0.2) is 0 Å². The van der Waals surface area contributed by atoms with Crippen LogP contribution >= 0.6 is 22.7 Å². The van der Waals surface area contributed by atoms with Gasteiger partial charge in [-0.1, -0.05) is 26.2 Å². The molecule has 0 aliphatic rings. The van der Waals surface area contributed by atoms with E-state index in [9.17, 15) is 0 Å². The first-order valence-electron chi connectivity index (χ1n) is 12.7. The van der Waals surface area contributed by atoms with Gasteiger partial charge in [-0.05, 0) is 0 Å². The van der Waals surface area contributed by atoms with Crippen LogP contribution in [0.1, 0.15) is 71.1 Å². The van der Waals surface area contributed by atoms with Gasteiger partial charge in [0.25, 0.3) is 0 Å². The summed E-state index contributed by atoms with van der Waals surface area (Å²) in [4.78, 5) is 15.4. The first-order chi connectivity index (χ1) is 14.6. The molecule has 5 heteroatoms. The number of nitrogens with zero attached hydrogens (tertiary/aromatic N) is 1. The second-order valence-corrected chi connectivity index (χ2v) is 44.4. The Morgan fingerprint density at radius 1 is 0.613 bits per heavy atom. The molecule has 0 bridgehead atoms. The molecule has 0 aliphatic heterocycles. The summed E-state index contributed by atoms with van der Waals surface area (Å²) in [5, 5.41) is 0. The van der Waals surface area contributed by atoms with Crippen LogP contribution in [0.5, 0.6) is 0 Å². The fourth-order valence-corrected chi connectivity index (χ4v) is 17.2. The van der Waals surface area contributed by atoms with Crippen LogP contribution in [-0.4, -0.2) is 41.3 Å². The normalized spacial score (nSPS) is 13.1. The SMILES string of the molecule is CCCCCCCCCCCCn1c2c[c]([Sn]([CH3])([CH3])[CH3])sc2c2s[c]([Sn]([CH3])([CH3])[CH3])cc21. The Morgan fingerprint density at radius 2 is 1.00 bits per heavy atom. The number of thiophene rings is 2. The van der Waals surface area contributed by atoms with Gasteiger partial charge in [0.1, 0.15) is 0 Å². The maximum absolute atomic E-state index is 2.71. The van der Waals surface area contributed by atoms with Crippen molar-refractivity contribution in [3.8, 4) is 0 Å². The van der Waals surface area contributed by atoms with Crippen molar-refractivity contribution in [1.29, 1.82) is 0 Å². The van der Waals surface area contributed by atoms with E-state index in [1.54, 1.807) is 26.2 Å². The van der Waals surface area contributed by atoms with E-state index in [0.29, 0.717) is 0 Å². The summed E-state index contributed by atoms with van der Waals surface area (Å²) >= 11 is 0.224. The molecule has 3 aromatic rings. The number of unbranched alkanes of at least 4 members (excludes halogenated alkanes) is 9. The van der Waals surface area contributed by atoms with Crippen LogP contribution in [0.4, 0.5) is 0 Å². The van der Waals surface area contributed by atoms with E-state index in [1.165, 1.54) is 70.8 Å². The Bertz CT molecular complexity index is 900. The van der Waals surface area contributed by atoms with Gasteiger partial charge in [-0.3, -0.25) is 0 Å². The molecule has 3 heterocycles. The fraction of sp³-hybridized carbons (Fsp3) is 0.692. The molecular formula is C26H45NS2Sn2. The Labute approximate surface area is 207 Å². The topological polar surface area (TPSA) is 4.93 Å². The van der Waals surface area contributed by atoms with E-state index < -0.39 is 36.8 Å². The third-order valence-corrected chi connectivity index (χ3v) is 27.7. The number of hydrogen-bond donors (Lipinski definition) is 0. The van der Waals surface area contributed by atoms with Crippen molar-refractivity contribution in [2.24, 2.45) is 0 Å². The van der Waals surface area contributed by atoms with Crippen molar-refractivity contribution in [2.45, 2.75) is 107 Å². The minimum absolute atomic E-state index is 1.21. The summed E-state index contributed by atoms with van der Waals surface area (Å²) in [7, 11) is 0. The molecule has 3 aromatic heterocycles. The molecule has 0 saturated heterocycles. The molecule has 0 N–H and O–H groups in total. The molecule has 0 radical (unpaired) electrons. The molecule has 0 aromatic carbocycles. The van der Waals surface area contributed by atoms with Gasteiger partial charge in [0, 0.05) is 0 Å². The van der Waals surface area contributed by atoms with E-state index in [1.807, 2.05) is 0 Å². The molecule has 0 unspecified atom stereocenters. The summed E-state index contributed by atoms with van der Waals surface area (Å²) in [5.41, 5.74) is 3.11. The standard InChI is InChI=1S/C20H27NS2.6CH3.2Sn/c1-2-3-4-5-6-7-8-9-10-11-14-21-17-12-15-22-19(17)20-18(21)13-16-23-20;;;;;;;;/h12-13H,2-11,14H2,1H3;6*1H3;;. The van der Waals surface area contributed by atoms with E-state index in [-0.39, 0.29) is 0 Å². The van der Waals surface area contributed by atoms with Gasteiger partial charge < -0.3 is 0 Å². The van der Waals surface area contributed by atoms with Crippen LogP contribution in [0.3, 0.4) is 0 Å². The van der Waals surface area contributed by atoms with Gasteiger partial charge >= 0.3 is 183 Å². The maximum atomic E-state index is 2.71. The van der Waals surface area contributed by atoms with Crippen LogP contribution < -0.4 is 5.79 Å². The summed E-state index contributed by atoms with van der Waals surface area (Å²) in [6, 6.07) is 5.19. The molecule has 174 valence electrons. The minimum atomic E-state index is -2.03. The van der Waals surface area contributed by atoms with Crippen LogP contribution in [-0.2, 0) is 6.54 Å². The van der Waals surface area contributed by atoms with Crippen molar-refractivity contribution < 1.29 is 0 Å². The van der Waals surface area contributed by atoms with Gasteiger partial charge in [-0.15, -0.1) is 0 Å². The van der Waals surface area contributed by atoms with Crippen molar-refractivity contribution in [3.05, 3.63) is 12.1 Å². The van der Waals surface area contributed by atoms with Gasteiger partial charge in [0.2, 0.25) is 0 Å². The van der Waals surface area contributed by atoms with Crippen LogP contribution in [0.2, 0.25) is 29.6 Å². The summed E-state index contributed by atoms with van der Waals surface area (Å²) < 4.78 is 9.41. The van der Waals surface area contributed by atoms with Crippen molar-refractivity contribution in [2.75, 3.05) is 0 Å². The summed E-state index contributed by atoms with van der Waals surface area (Å²) in [6.07, 6.45) is 14.1. The molecule has 1 nitrogen and oxygen atoms in total. The van der Waals surface area contributed by atoms with Gasteiger partial charge in [-0.2, -0.15) is 0 Å². The molecule has 0 spiro atoms. The first-order valence-corrected chi connectivity index (χ1v) is 34.3. The Morgan fingerprint density at radius 3 is 1.39 bits per heavy atom. The van der Waals surface area contributed by atoms with Crippen LogP contribution in [0.25, 0.3) is 20.4 Å². The number of rotatable bonds is 13. The molecule has 0 fully saturated rings. The molecule has 0 saturated carbocycles. The predicted octanol–water partition coefficient (Wildman–Crippen LogP) is 8.93. The zero-order valence-electron chi connectivity index (χ0n) is 21.2. The van der Waals surface area contributed by atoms with Gasteiger partial charge in [0.05, 0.1) is 0 Å². The quantitative estimate of drug-likeness (QED) is 0.126. The monoisotopic (exact) mass is 675 g/mol. The van der Waals surface area contributed by atoms with Crippen molar-refractivity contribution in [1.82, 2.24) is 4.57 Å². The molecule has 31 heavy (non-hydrogen) atoms. The number of aromatic nitrogens is 1. The fourth-order valence-electron chi connectivity index (χ4n) is 4.36. The van der Waals surface area contributed by atoms with Crippen molar-refractivity contribution >= 4 is 85.6 Å². The first kappa shape index (κ1) is 26.4. The number of aryl methyl sites for hydroxylation is 1. The van der Waals surface area contributed by atoms with Crippen molar-refractivity contribution in [3.63, 3.8) is 0 Å². The van der Waals surface area contributed by atoms with E-state index in [4.69, 9.17) is 0 Å². The average molecular weight is 673 g/mol. The third-order valence-electron chi connectivity index (χ3n) is 6.43. The third kappa shape index (κ3) is 6.91. The van der Waals surface area contributed by atoms with Gasteiger partial charge in [-0.25, -0.2) is 0 Å². The second-order valence-electron chi connectivity index (χ2n) is 11.5. The molecule has 0 aliphatic carbocycles. The molecular weight excluding hydrogens is 628 g/mol. The Kier molecular flexibility index (Phi) is 9.78. The summed E-state index contributed by atoms with van der Waals surface area (Å²) in [5.74, 6) is 0. The summed E-state index contributed by atoms with van der Waals surface area (Å²) in [6.45, 7) is 3.51. The van der Waals surface area contributed by atoms with E-state index >= 15 is 0 Å². The zero-order valence-corrected chi connectivity index (χ0v) is 28.5. The Hall–Kier alpha value is 0.797. The van der Waals surface area contributed by atoms with E-state index in [2.05, 4.69) is 75.9 Å². The molecule has 3 rings (SSSR count). The molecule has 0 atom stereocenters. The van der Waals surface area contributed by atoms with E-state index in [0.717, 1.165) is 0 Å². The zero-order chi connectivity index (χ0) is 22.6. The number of hydrogen-bond acceptors (Lipinski definition) is 2. The molecule has 0 amide bonds. The predicted molar refractivity (Wildman–Crippen MR) is 153 cm³/mol. The van der Waals surface area contributed by atoms with Crippen LogP contribution in [0, 0.1) is 0 Å². The second kappa shape index (κ2) is 11.5. The Balaban J connectivity index is 1.68.